The van der Waals surface area contributed by atoms with Gasteiger partial charge in [0.05, 0.1) is 9.21 Å². The molecule has 1 nitrogen and oxygen atoms in total. The van der Waals surface area contributed by atoms with Crippen LogP contribution in [-0.4, -0.2) is 4.57 Å². The lowest BCUT2D eigenvalue weighted by Crippen LogP contribution is -1.98. The molecule has 0 N–H and O–H groups in total. The Morgan fingerprint density at radius 2 is 1.16 bits per heavy atom. The van der Waals surface area contributed by atoms with Crippen LogP contribution in [0.5, 0.6) is 0 Å². The van der Waals surface area contributed by atoms with Gasteiger partial charge in [-0.1, -0.05) is 64.7 Å². The predicted molar refractivity (Wildman–Crippen MR) is 91.7 cm³/mol. The summed E-state index contributed by atoms with van der Waals surface area (Å²) < 4.78 is 4.63. The van der Waals surface area contributed by atoms with Gasteiger partial charge in [0.15, 0.2) is 0 Å². The minimum atomic E-state index is 1.12. The van der Waals surface area contributed by atoms with E-state index in [-0.39, 0.29) is 0 Å². The van der Waals surface area contributed by atoms with Crippen LogP contribution in [0.15, 0.2) is 21.3 Å². The molecule has 0 fully saturated rings. The molecule has 0 saturated carbocycles. The molecule has 0 aromatic carbocycles. The fourth-order valence-corrected chi connectivity index (χ4v) is 3.63. The third kappa shape index (κ3) is 7.55. The SMILES string of the molecule is CCCCCCCCCCCCn1c(Br)ccc1Br. The Kier molecular flexibility index (Phi) is 9.98. The third-order valence-electron chi connectivity index (χ3n) is 3.61. The Bertz CT molecular complexity index is 314. The van der Waals surface area contributed by atoms with E-state index in [9.17, 15) is 0 Å². The molecule has 3 heteroatoms. The van der Waals surface area contributed by atoms with E-state index in [0.29, 0.717) is 0 Å². The summed E-state index contributed by atoms with van der Waals surface area (Å²) in [6, 6.07) is 4.20. The lowest BCUT2D eigenvalue weighted by atomic mass is 10.1. The van der Waals surface area contributed by atoms with Crippen molar-refractivity contribution in [1.82, 2.24) is 4.57 Å². The molecule has 19 heavy (non-hydrogen) atoms. The van der Waals surface area contributed by atoms with Crippen LogP contribution < -0.4 is 0 Å². The summed E-state index contributed by atoms with van der Waals surface area (Å²) in [7, 11) is 0. The average Bonchev–Trinajstić information content (AvgIpc) is 2.72. The van der Waals surface area contributed by atoms with Crippen LogP contribution in [0.2, 0.25) is 0 Å². The third-order valence-corrected chi connectivity index (χ3v) is 4.99. The predicted octanol–water partition coefficient (Wildman–Crippen LogP) is 6.93. The Labute approximate surface area is 135 Å². The van der Waals surface area contributed by atoms with Crippen molar-refractivity contribution in [2.24, 2.45) is 0 Å². The smallest absolute Gasteiger partial charge is 0.0855 e. The molecule has 0 aliphatic carbocycles. The van der Waals surface area contributed by atoms with Gasteiger partial charge >= 0.3 is 0 Å². The van der Waals surface area contributed by atoms with Gasteiger partial charge in [-0.2, -0.15) is 0 Å². The number of unbranched alkanes of at least 4 members (excludes halogenated alkanes) is 9. The second kappa shape index (κ2) is 11.0. The van der Waals surface area contributed by atoms with Crippen molar-refractivity contribution in [3.05, 3.63) is 21.3 Å². The molecule has 0 saturated heterocycles. The van der Waals surface area contributed by atoms with E-state index in [1.807, 2.05) is 0 Å². The first kappa shape index (κ1) is 17.3. The lowest BCUT2D eigenvalue weighted by Gasteiger charge is -2.07. The van der Waals surface area contributed by atoms with Gasteiger partial charge in [0.25, 0.3) is 0 Å². The molecule has 0 aliphatic heterocycles. The van der Waals surface area contributed by atoms with Crippen LogP contribution in [0, 0.1) is 0 Å². The van der Waals surface area contributed by atoms with Crippen LogP contribution >= 0.6 is 31.9 Å². The number of hydrogen-bond donors (Lipinski definition) is 0. The maximum Gasteiger partial charge on any atom is 0.0855 e. The maximum atomic E-state index is 3.57. The molecule has 0 radical (unpaired) electrons. The van der Waals surface area contributed by atoms with E-state index >= 15 is 0 Å². The minimum Gasteiger partial charge on any atom is -0.330 e. The molecule has 0 aliphatic rings. The molecule has 0 unspecified atom stereocenters. The fraction of sp³-hybridized carbons (Fsp3) is 0.750. The molecule has 0 atom stereocenters. The van der Waals surface area contributed by atoms with Crippen molar-refractivity contribution in [3.8, 4) is 0 Å². The second-order valence-corrected chi connectivity index (χ2v) is 6.94. The first-order valence-electron chi connectivity index (χ1n) is 7.76. The number of aromatic nitrogens is 1. The van der Waals surface area contributed by atoms with Gasteiger partial charge in [-0.15, -0.1) is 0 Å². The maximum absolute atomic E-state index is 3.57. The van der Waals surface area contributed by atoms with E-state index in [0.717, 1.165) is 6.54 Å². The number of hydrogen-bond acceptors (Lipinski definition) is 0. The highest BCUT2D eigenvalue weighted by atomic mass is 79.9. The first-order valence-corrected chi connectivity index (χ1v) is 9.35. The van der Waals surface area contributed by atoms with Crippen molar-refractivity contribution in [2.45, 2.75) is 77.7 Å². The largest absolute Gasteiger partial charge is 0.330 e. The molecule has 1 aromatic heterocycles. The van der Waals surface area contributed by atoms with Crippen LogP contribution in [0.1, 0.15) is 71.1 Å². The minimum absolute atomic E-state index is 1.12. The van der Waals surface area contributed by atoms with E-state index in [1.54, 1.807) is 0 Å². The molecule has 0 bridgehead atoms. The fourth-order valence-electron chi connectivity index (χ4n) is 2.39. The number of nitrogens with zero attached hydrogens (tertiary/aromatic N) is 1. The van der Waals surface area contributed by atoms with E-state index in [4.69, 9.17) is 0 Å². The van der Waals surface area contributed by atoms with E-state index < -0.39 is 0 Å². The molecular formula is C16H27Br2N. The first-order chi connectivity index (χ1) is 9.25. The monoisotopic (exact) mass is 391 g/mol. The van der Waals surface area contributed by atoms with E-state index in [1.165, 1.54) is 73.4 Å². The Morgan fingerprint density at radius 1 is 0.737 bits per heavy atom. The van der Waals surface area contributed by atoms with Crippen molar-refractivity contribution in [1.29, 1.82) is 0 Å². The average molecular weight is 393 g/mol. The van der Waals surface area contributed by atoms with Gasteiger partial charge < -0.3 is 4.57 Å². The summed E-state index contributed by atoms with van der Waals surface area (Å²) in [6.45, 7) is 3.39. The van der Waals surface area contributed by atoms with Crippen molar-refractivity contribution >= 4 is 31.9 Å². The van der Waals surface area contributed by atoms with Gasteiger partial charge in [0, 0.05) is 6.54 Å². The summed E-state index contributed by atoms with van der Waals surface area (Å²) in [5.41, 5.74) is 0. The highest BCUT2D eigenvalue weighted by molar-refractivity contribution is 9.11. The van der Waals surface area contributed by atoms with Crippen molar-refractivity contribution < 1.29 is 0 Å². The molecular weight excluding hydrogens is 366 g/mol. The zero-order chi connectivity index (χ0) is 13.9. The zero-order valence-corrected chi connectivity index (χ0v) is 15.3. The Balaban J connectivity index is 1.92. The number of rotatable bonds is 11. The van der Waals surface area contributed by atoms with Crippen LogP contribution in [-0.2, 0) is 6.54 Å². The summed E-state index contributed by atoms with van der Waals surface area (Å²) in [6.07, 6.45) is 14.0. The summed E-state index contributed by atoms with van der Waals surface area (Å²) >= 11 is 7.15. The standard InChI is InChI=1S/C16H27Br2N/c1-2-3-4-5-6-7-8-9-10-11-14-19-15(17)12-13-16(19)18/h12-13H,2-11,14H2,1H3. The topological polar surface area (TPSA) is 4.93 Å². The molecule has 0 amide bonds. The molecule has 1 aromatic rings. The Hall–Kier alpha value is 0.240. The highest BCUT2D eigenvalue weighted by Crippen LogP contribution is 2.21. The zero-order valence-electron chi connectivity index (χ0n) is 12.1. The quantitative estimate of drug-likeness (QED) is 0.359. The molecule has 1 rings (SSSR count). The summed E-state index contributed by atoms with van der Waals surface area (Å²) in [5.74, 6) is 0. The van der Waals surface area contributed by atoms with Crippen LogP contribution in [0.4, 0.5) is 0 Å². The summed E-state index contributed by atoms with van der Waals surface area (Å²) in [5, 5.41) is 0. The molecule has 1 heterocycles. The lowest BCUT2D eigenvalue weighted by molar-refractivity contribution is 0.531. The van der Waals surface area contributed by atoms with Crippen molar-refractivity contribution in [2.75, 3.05) is 0 Å². The Morgan fingerprint density at radius 3 is 1.63 bits per heavy atom. The van der Waals surface area contributed by atoms with Gasteiger partial charge in [0.1, 0.15) is 0 Å². The second-order valence-electron chi connectivity index (χ2n) is 5.31. The van der Waals surface area contributed by atoms with Gasteiger partial charge in [-0.3, -0.25) is 0 Å². The van der Waals surface area contributed by atoms with Crippen molar-refractivity contribution in [3.63, 3.8) is 0 Å². The normalized spacial score (nSPS) is 11.1. The van der Waals surface area contributed by atoms with E-state index in [2.05, 4.69) is 55.5 Å². The highest BCUT2D eigenvalue weighted by Gasteiger charge is 2.02. The van der Waals surface area contributed by atoms with Gasteiger partial charge in [-0.25, -0.2) is 0 Å². The summed E-state index contributed by atoms with van der Waals surface area (Å²) in [4.78, 5) is 0. The van der Waals surface area contributed by atoms with Gasteiger partial charge in [-0.05, 0) is 50.4 Å². The molecule has 0 spiro atoms. The van der Waals surface area contributed by atoms with Crippen LogP contribution in [0.25, 0.3) is 0 Å². The number of halogens is 2. The van der Waals surface area contributed by atoms with Gasteiger partial charge in [0.2, 0.25) is 0 Å². The van der Waals surface area contributed by atoms with Crippen LogP contribution in [0.3, 0.4) is 0 Å². The molecule has 110 valence electrons.